The van der Waals surface area contributed by atoms with E-state index in [1.54, 1.807) is 6.92 Å². The van der Waals surface area contributed by atoms with E-state index in [4.69, 9.17) is 0 Å². The molecule has 0 radical (unpaired) electrons. The molecule has 3 nitrogen and oxygen atoms in total. The SMILES string of the molecule is CC(=O)N[C@H]1CCC2(CCN(CCC(C)(C)C)CC2)c2ccccc21.[HH]. The molecule has 1 heterocycles. The average Bonchev–Trinajstić information content (AvgIpc) is 2.56. The molecule has 1 spiro atoms. The molecular formula is C22H36N2O. The van der Waals surface area contributed by atoms with Crippen LogP contribution < -0.4 is 5.32 Å². The molecule has 0 bridgehead atoms. The van der Waals surface area contributed by atoms with Gasteiger partial charge in [0.05, 0.1) is 6.04 Å². The molecule has 1 aromatic rings. The first-order valence-corrected chi connectivity index (χ1v) is 9.88. The van der Waals surface area contributed by atoms with Crippen LogP contribution in [0.2, 0.25) is 0 Å². The molecule has 1 aliphatic carbocycles. The second kappa shape index (κ2) is 7.11. The summed E-state index contributed by atoms with van der Waals surface area (Å²) in [4.78, 5) is 14.2. The lowest BCUT2D eigenvalue weighted by molar-refractivity contribution is -0.119. The maximum atomic E-state index is 11.6. The number of nitrogens with zero attached hydrogens (tertiary/aromatic N) is 1. The number of carbonyl (C=O) groups excluding carboxylic acids is 1. The lowest BCUT2D eigenvalue weighted by Gasteiger charge is -2.47. The predicted molar refractivity (Wildman–Crippen MR) is 106 cm³/mol. The summed E-state index contributed by atoms with van der Waals surface area (Å²) in [6.07, 6.45) is 6.03. The second-order valence-corrected chi connectivity index (χ2v) is 9.31. The monoisotopic (exact) mass is 344 g/mol. The molecule has 140 valence electrons. The van der Waals surface area contributed by atoms with E-state index in [2.05, 4.69) is 55.3 Å². The zero-order valence-electron chi connectivity index (χ0n) is 16.4. The van der Waals surface area contributed by atoms with E-state index in [9.17, 15) is 4.79 Å². The van der Waals surface area contributed by atoms with E-state index >= 15 is 0 Å². The predicted octanol–water partition coefficient (Wildman–Crippen LogP) is 4.67. The minimum Gasteiger partial charge on any atom is -0.350 e. The number of fused-ring (bicyclic) bond motifs is 2. The third-order valence-corrected chi connectivity index (χ3v) is 6.19. The van der Waals surface area contributed by atoms with Crippen molar-refractivity contribution >= 4 is 5.91 Å². The Labute approximate surface area is 154 Å². The number of likely N-dealkylation sites (tertiary alicyclic amines) is 1. The van der Waals surface area contributed by atoms with Gasteiger partial charge < -0.3 is 10.2 Å². The maximum Gasteiger partial charge on any atom is 0.217 e. The van der Waals surface area contributed by atoms with Gasteiger partial charge >= 0.3 is 0 Å². The molecule has 2 aliphatic rings. The molecule has 1 aromatic carbocycles. The fraction of sp³-hybridized carbons (Fsp3) is 0.682. The van der Waals surface area contributed by atoms with Crippen molar-refractivity contribution in [3.05, 3.63) is 35.4 Å². The van der Waals surface area contributed by atoms with Crippen molar-refractivity contribution in [3.8, 4) is 0 Å². The van der Waals surface area contributed by atoms with Crippen LogP contribution >= 0.6 is 0 Å². The number of carbonyl (C=O) groups is 1. The molecule has 3 heteroatoms. The number of hydrogen-bond donors (Lipinski definition) is 1. The van der Waals surface area contributed by atoms with Gasteiger partial charge in [-0.05, 0) is 73.7 Å². The Hall–Kier alpha value is -1.35. The van der Waals surface area contributed by atoms with Crippen LogP contribution in [0.5, 0.6) is 0 Å². The van der Waals surface area contributed by atoms with Crippen LogP contribution in [0.3, 0.4) is 0 Å². The van der Waals surface area contributed by atoms with Crippen LogP contribution in [0.4, 0.5) is 0 Å². The first kappa shape index (κ1) is 18.4. The Bertz CT molecular complexity index is 615. The quantitative estimate of drug-likeness (QED) is 0.864. The van der Waals surface area contributed by atoms with Crippen LogP contribution in [0.15, 0.2) is 24.3 Å². The zero-order valence-corrected chi connectivity index (χ0v) is 16.4. The Morgan fingerprint density at radius 3 is 2.56 bits per heavy atom. The number of nitrogens with one attached hydrogen (secondary N) is 1. The normalized spacial score (nSPS) is 23.3. The second-order valence-electron chi connectivity index (χ2n) is 9.31. The molecule has 0 unspecified atom stereocenters. The van der Waals surface area contributed by atoms with E-state index < -0.39 is 0 Å². The zero-order chi connectivity index (χ0) is 18.1. The minimum absolute atomic E-state index is 0. The Morgan fingerprint density at radius 2 is 1.92 bits per heavy atom. The van der Waals surface area contributed by atoms with E-state index in [0.717, 1.165) is 6.42 Å². The van der Waals surface area contributed by atoms with Crippen LogP contribution in [-0.2, 0) is 10.2 Å². The molecule has 1 fully saturated rings. The summed E-state index contributed by atoms with van der Waals surface area (Å²) < 4.78 is 0. The van der Waals surface area contributed by atoms with Crippen molar-refractivity contribution in [3.63, 3.8) is 0 Å². The number of rotatable bonds is 3. The highest BCUT2D eigenvalue weighted by Crippen LogP contribution is 2.47. The van der Waals surface area contributed by atoms with Gasteiger partial charge in [0.2, 0.25) is 5.91 Å². The number of amides is 1. The number of hydrogen-bond acceptors (Lipinski definition) is 2. The van der Waals surface area contributed by atoms with Crippen molar-refractivity contribution in [2.45, 2.75) is 71.3 Å². The highest BCUT2D eigenvalue weighted by Gasteiger charge is 2.41. The molecule has 25 heavy (non-hydrogen) atoms. The lowest BCUT2D eigenvalue weighted by atomic mass is 9.63. The van der Waals surface area contributed by atoms with Crippen molar-refractivity contribution in [2.24, 2.45) is 5.41 Å². The van der Waals surface area contributed by atoms with Gasteiger partial charge in [-0.15, -0.1) is 0 Å². The first-order chi connectivity index (χ1) is 11.8. The molecule has 1 amide bonds. The number of benzene rings is 1. The molecule has 1 saturated heterocycles. The van der Waals surface area contributed by atoms with Crippen LogP contribution in [0, 0.1) is 5.41 Å². The Kier molecular flexibility index (Phi) is 5.24. The topological polar surface area (TPSA) is 32.3 Å². The largest absolute Gasteiger partial charge is 0.350 e. The van der Waals surface area contributed by atoms with Gasteiger partial charge in [0.15, 0.2) is 0 Å². The van der Waals surface area contributed by atoms with E-state index in [-0.39, 0.29) is 13.4 Å². The Morgan fingerprint density at radius 1 is 1.24 bits per heavy atom. The van der Waals surface area contributed by atoms with E-state index in [1.807, 2.05) is 0 Å². The molecule has 1 aliphatic heterocycles. The maximum absolute atomic E-state index is 11.6. The van der Waals surface area contributed by atoms with Crippen molar-refractivity contribution in [1.82, 2.24) is 10.2 Å². The van der Waals surface area contributed by atoms with E-state index in [0.29, 0.717) is 10.8 Å². The van der Waals surface area contributed by atoms with Gasteiger partial charge in [-0.2, -0.15) is 0 Å². The molecule has 0 aromatic heterocycles. The van der Waals surface area contributed by atoms with E-state index in [1.165, 1.54) is 56.4 Å². The minimum atomic E-state index is 0. The van der Waals surface area contributed by atoms with Crippen molar-refractivity contribution in [1.29, 1.82) is 0 Å². The van der Waals surface area contributed by atoms with Crippen molar-refractivity contribution in [2.75, 3.05) is 19.6 Å². The number of piperidine rings is 1. The van der Waals surface area contributed by atoms with Gasteiger partial charge in [0.1, 0.15) is 0 Å². The summed E-state index contributed by atoms with van der Waals surface area (Å²) in [5.74, 6) is 0.0766. The molecule has 0 saturated carbocycles. The smallest absolute Gasteiger partial charge is 0.217 e. The Balaban J connectivity index is 0.00000243. The first-order valence-electron chi connectivity index (χ1n) is 9.88. The lowest BCUT2D eigenvalue weighted by Crippen LogP contribution is -2.46. The summed E-state index contributed by atoms with van der Waals surface area (Å²) in [5.41, 5.74) is 3.59. The summed E-state index contributed by atoms with van der Waals surface area (Å²) in [7, 11) is 0. The van der Waals surface area contributed by atoms with Gasteiger partial charge in [0.25, 0.3) is 0 Å². The van der Waals surface area contributed by atoms with Crippen LogP contribution in [0.1, 0.15) is 78.4 Å². The van der Waals surface area contributed by atoms with Crippen molar-refractivity contribution < 1.29 is 6.22 Å². The van der Waals surface area contributed by atoms with Crippen LogP contribution in [-0.4, -0.2) is 30.4 Å². The highest BCUT2D eigenvalue weighted by atomic mass is 16.1. The van der Waals surface area contributed by atoms with Gasteiger partial charge in [0, 0.05) is 8.35 Å². The molecular weight excluding hydrogens is 308 g/mol. The fourth-order valence-corrected chi connectivity index (χ4v) is 4.61. The fourth-order valence-electron chi connectivity index (χ4n) is 4.61. The third-order valence-electron chi connectivity index (χ3n) is 6.19. The average molecular weight is 345 g/mol. The summed E-state index contributed by atoms with van der Waals surface area (Å²) in [6.45, 7) is 12.2. The standard InChI is InChI=1S/C22H34N2O.H2/c1-17(25)23-20-9-10-22(19-8-6-5-7-18(19)20)12-15-24(16-13-22)14-11-21(2,3)4;/h5-8,20H,9-16H2,1-4H3,(H,23,25);1H/t20-;/m0./s1. The molecule has 1 N–H and O–H groups in total. The van der Waals surface area contributed by atoms with Gasteiger partial charge in [-0.1, -0.05) is 45.0 Å². The van der Waals surface area contributed by atoms with Gasteiger partial charge in [-0.3, -0.25) is 4.79 Å². The van der Waals surface area contributed by atoms with Crippen LogP contribution in [0.25, 0.3) is 0 Å². The highest BCUT2D eigenvalue weighted by molar-refractivity contribution is 5.73. The molecule has 3 rings (SSSR count). The van der Waals surface area contributed by atoms with Gasteiger partial charge in [-0.25, -0.2) is 0 Å². The summed E-state index contributed by atoms with van der Waals surface area (Å²) in [6, 6.07) is 9.02. The molecule has 1 atom stereocenters. The third kappa shape index (κ3) is 4.25. The summed E-state index contributed by atoms with van der Waals surface area (Å²) >= 11 is 0. The summed E-state index contributed by atoms with van der Waals surface area (Å²) in [5, 5.41) is 3.16.